The van der Waals surface area contributed by atoms with Crippen LogP contribution in [0, 0.1) is 22.7 Å². The number of carbonyl (C=O) groups excluding carboxylic acids is 3. The van der Waals surface area contributed by atoms with Crippen molar-refractivity contribution in [2.24, 2.45) is 5.11 Å². The summed E-state index contributed by atoms with van der Waals surface area (Å²) < 4.78 is 0. The van der Waals surface area contributed by atoms with Gasteiger partial charge in [-0.1, -0.05) is 29.4 Å². The van der Waals surface area contributed by atoms with Crippen LogP contribution in [0.5, 0.6) is 0 Å². The zero-order valence-corrected chi connectivity index (χ0v) is 22.1. The zero-order chi connectivity index (χ0) is 28.9. The van der Waals surface area contributed by atoms with Crippen molar-refractivity contribution in [1.82, 2.24) is 15.1 Å². The fraction of sp³-hybridized carbons (Fsp3) is 0.276. The smallest absolute Gasteiger partial charge is 0.242 e. The largest absolute Gasteiger partial charge is 0.346 e. The van der Waals surface area contributed by atoms with Crippen LogP contribution in [0.2, 0.25) is 0 Å². The number of hydrogen-bond donors (Lipinski definition) is 1. The Morgan fingerprint density at radius 1 is 1.02 bits per heavy atom. The number of nitrogens with zero attached hydrogens (tertiary/aromatic N) is 7. The number of piperidine rings is 1. The van der Waals surface area contributed by atoms with Crippen LogP contribution < -0.4 is 5.32 Å². The summed E-state index contributed by atoms with van der Waals surface area (Å²) in [5.74, 6) is -0.873. The molecule has 202 valence electrons. The first-order chi connectivity index (χ1) is 19.3. The molecule has 2 amide bonds. The zero-order valence-electron chi connectivity index (χ0n) is 22.1. The third kappa shape index (κ3) is 8.67. The van der Waals surface area contributed by atoms with E-state index in [0.717, 1.165) is 0 Å². The number of benzene rings is 2. The Bertz CT molecular complexity index is 1360. The van der Waals surface area contributed by atoms with E-state index in [0.29, 0.717) is 52.9 Å². The Morgan fingerprint density at radius 3 is 2.02 bits per heavy atom. The molecule has 0 aromatic heterocycles. The van der Waals surface area contributed by atoms with Gasteiger partial charge in [0.05, 0.1) is 36.4 Å². The maximum atomic E-state index is 13.4. The van der Waals surface area contributed by atoms with Crippen molar-refractivity contribution in [3.05, 3.63) is 92.4 Å². The maximum absolute atomic E-state index is 13.4. The first kappa shape index (κ1) is 29.3. The SMILES string of the molecule is CN(CCCN=[N+]=[N-])CC(=O)NCC(=O)N1C/C(=C\c2ccc(C#N)cc2)C(=O)/C(=C/c2ccc(C#N)cc2)C1. The van der Waals surface area contributed by atoms with E-state index in [2.05, 4.69) is 27.5 Å². The van der Waals surface area contributed by atoms with Gasteiger partial charge in [0.25, 0.3) is 0 Å². The minimum absolute atomic E-state index is 0.0670. The van der Waals surface area contributed by atoms with Crippen molar-refractivity contribution in [2.45, 2.75) is 6.42 Å². The molecule has 1 heterocycles. The van der Waals surface area contributed by atoms with Gasteiger partial charge in [0, 0.05) is 35.7 Å². The van der Waals surface area contributed by atoms with Crippen LogP contribution in [0.1, 0.15) is 28.7 Å². The predicted octanol–water partition coefficient (Wildman–Crippen LogP) is 3.06. The third-order valence-electron chi connectivity index (χ3n) is 6.13. The fourth-order valence-electron chi connectivity index (χ4n) is 4.05. The molecule has 1 saturated heterocycles. The summed E-state index contributed by atoms with van der Waals surface area (Å²) in [5.41, 5.74) is 11.5. The van der Waals surface area contributed by atoms with Crippen LogP contribution in [-0.2, 0) is 14.4 Å². The highest BCUT2D eigenvalue weighted by Crippen LogP contribution is 2.22. The van der Waals surface area contributed by atoms with Gasteiger partial charge in [0.15, 0.2) is 5.78 Å². The van der Waals surface area contributed by atoms with Crippen LogP contribution in [0.15, 0.2) is 64.8 Å². The molecular formula is C29H28N8O3. The first-order valence-corrected chi connectivity index (χ1v) is 12.5. The number of Topliss-reactive ketones (excluding diaryl/α,β-unsaturated/α-hetero) is 1. The molecule has 1 aliphatic heterocycles. The molecule has 2 aromatic rings. The van der Waals surface area contributed by atoms with E-state index in [4.69, 9.17) is 16.1 Å². The number of ketones is 1. The molecule has 1 N–H and O–H groups in total. The summed E-state index contributed by atoms with van der Waals surface area (Å²) in [5, 5.41) is 24.2. The van der Waals surface area contributed by atoms with Crippen molar-refractivity contribution in [3.8, 4) is 12.1 Å². The van der Waals surface area contributed by atoms with E-state index in [-0.39, 0.29) is 43.8 Å². The van der Waals surface area contributed by atoms with Gasteiger partial charge in [-0.15, -0.1) is 0 Å². The molecule has 40 heavy (non-hydrogen) atoms. The number of azide groups is 1. The summed E-state index contributed by atoms with van der Waals surface area (Å²) >= 11 is 0. The molecule has 3 rings (SSSR count). The van der Waals surface area contributed by atoms with Crippen molar-refractivity contribution < 1.29 is 14.4 Å². The van der Waals surface area contributed by atoms with Crippen LogP contribution in [0.4, 0.5) is 0 Å². The lowest BCUT2D eigenvalue weighted by molar-refractivity contribution is -0.133. The first-order valence-electron chi connectivity index (χ1n) is 12.5. The number of nitriles is 2. The second-order valence-corrected chi connectivity index (χ2v) is 9.21. The highest BCUT2D eigenvalue weighted by molar-refractivity contribution is 6.15. The van der Waals surface area contributed by atoms with Gasteiger partial charge in [0.2, 0.25) is 11.8 Å². The molecule has 0 unspecified atom stereocenters. The van der Waals surface area contributed by atoms with Crippen LogP contribution >= 0.6 is 0 Å². The molecule has 0 atom stereocenters. The minimum atomic E-state index is -0.344. The Kier molecular flexibility index (Phi) is 10.7. The quantitative estimate of drug-likeness (QED) is 0.161. The summed E-state index contributed by atoms with van der Waals surface area (Å²) in [6, 6.07) is 17.6. The molecule has 1 aliphatic rings. The molecule has 2 aromatic carbocycles. The predicted molar refractivity (Wildman–Crippen MR) is 149 cm³/mol. The van der Waals surface area contributed by atoms with E-state index in [9.17, 15) is 14.4 Å². The lowest BCUT2D eigenvalue weighted by Crippen LogP contribution is -2.47. The van der Waals surface area contributed by atoms with Crippen LogP contribution in [0.3, 0.4) is 0 Å². The van der Waals surface area contributed by atoms with Crippen molar-refractivity contribution >= 4 is 29.7 Å². The number of hydrogen-bond acceptors (Lipinski definition) is 7. The lowest BCUT2D eigenvalue weighted by atomic mass is 9.94. The van der Waals surface area contributed by atoms with Gasteiger partial charge in [-0.3, -0.25) is 19.3 Å². The molecule has 1 fully saturated rings. The number of amides is 2. The van der Waals surface area contributed by atoms with E-state index in [1.165, 1.54) is 4.90 Å². The van der Waals surface area contributed by atoms with Crippen molar-refractivity contribution in [3.63, 3.8) is 0 Å². The van der Waals surface area contributed by atoms with Gasteiger partial charge in [-0.05, 0) is 73.1 Å². The second-order valence-electron chi connectivity index (χ2n) is 9.21. The molecule has 0 bridgehead atoms. The Morgan fingerprint density at radius 2 is 1.55 bits per heavy atom. The van der Waals surface area contributed by atoms with E-state index in [1.807, 2.05) is 0 Å². The fourth-order valence-corrected chi connectivity index (χ4v) is 4.05. The van der Waals surface area contributed by atoms with Crippen molar-refractivity contribution in [1.29, 1.82) is 10.5 Å². The Balaban J connectivity index is 1.75. The highest BCUT2D eigenvalue weighted by Gasteiger charge is 2.29. The lowest BCUT2D eigenvalue weighted by Gasteiger charge is -2.30. The van der Waals surface area contributed by atoms with Gasteiger partial charge in [0.1, 0.15) is 0 Å². The van der Waals surface area contributed by atoms with E-state index in [1.54, 1.807) is 72.6 Å². The average Bonchev–Trinajstić information content (AvgIpc) is 2.96. The maximum Gasteiger partial charge on any atom is 0.242 e. The summed E-state index contributed by atoms with van der Waals surface area (Å²) in [6.45, 7) is 0.881. The van der Waals surface area contributed by atoms with Gasteiger partial charge in [-0.2, -0.15) is 10.5 Å². The number of likely N-dealkylation sites (tertiary alicyclic amines) is 1. The summed E-state index contributed by atoms with van der Waals surface area (Å²) in [4.78, 5) is 44.8. The van der Waals surface area contributed by atoms with Crippen LogP contribution in [0.25, 0.3) is 22.6 Å². The molecule has 11 nitrogen and oxygen atoms in total. The molecular weight excluding hydrogens is 508 g/mol. The monoisotopic (exact) mass is 536 g/mol. The molecule has 0 spiro atoms. The third-order valence-corrected chi connectivity index (χ3v) is 6.13. The molecule has 0 aliphatic carbocycles. The Hall–Kier alpha value is -5.22. The van der Waals surface area contributed by atoms with Gasteiger partial charge < -0.3 is 10.2 Å². The van der Waals surface area contributed by atoms with E-state index < -0.39 is 0 Å². The van der Waals surface area contributed by atoms with E-state index >= 15 is 0 Å². The summed E-state index contributed by atoms with van der Waals surface area (Å²) in [7, 11) is 1.76. The van der Waals surface area contributed by atoms with Gasteiger partial charge >= 0.3 is 0 Å². The molecule has 11 heteroatoms. The number of carbonyl (C=O) groups is 3. The van der Waals surface area contributed by atoms with Crippen molar-refractivity contribution in [2.75, 3.05) is 46.3 Å². The number of likely N-dealkylation sites (N-methyl/N-ethyl adjacent to an activating group) is 1. The minimum Gasteiger partial charge on any atom is -0.346 e. The van der Waals surface area contributed by atoms with Gasteiger partial charge in [-0.25, -0.2) is 0 Å². The topological polar surface area (TPSA) is 166 Å². The van der Waals surface area contributed by atoms with Crippen LogP contribution in [-0.4, -0.2) is 73.7 Å². The second kappa shape index (κ2) is 14.6. The molecule has 0 saturated carbocycles. The number of rotatable bonds is 10. The number of nitrogens with one attached hydrogen (secondary N) is 1. The Labute approximate surface area is 232 Å². The highest BCUT2D eigenvalue weighted by atomic mass is 16.2. The molecule has 0 radical (unpaired) electrons. The standard InChI is InChI=1S/C29H28N8O3/c1-36(12-2-11-34-35-32)20-27(38)33-17-28(39)37-18-25(13-21-3-7-23(15-30)8-4-21)29(40)26(19-37)14-22-5-9-24(16-31)10-6-22/h3-10,13-14H,2,11-12,17-20H2,1H3,(H,33,38)/b25-13+,26-14+. The summed E-state index contributed by atoms with van der Waals surface area (Å²) in [6.07, 6.45) is 4.00. The normalized spacial score (nSPS) is 14.9. The average molecular weight is 537 g/mol.